The van der Waals surface area contributed by atoms with E-state index < -0.39 is 5.83 Å². The van der Waals surface area contributed by atoms with Gasteiger partial charge in [0.25, 0.3) is 0 Å². The molecule has 0 atom stereocenters. The highest BCUT2D eigenvalue weighted by Crippen LogP contribution is 2.11. The molecule has 0 saturated heterocycles. The Morgan fingerprint density at radius 1 is 1.18 bits per heavy atom. The van der Waals surface area contributed by atoms with E-state index in [4.69, 9.17) is 0 Å². The van der Waals surface area contributed by atoms with Crippen molar-refractivity contribution in [1.29, 1.82) is 0 Å². The molecule has 0 saturated carbocycles. The summed E-state index contributed by atoms with van der Waals surface area (Å²) >= 11 is 0. The van der Waals surface area contributed by atoms with Gasteiger partial charge in [-0.3, -0.25) is 0 Å². The average molecular weight is 158 g/mol. The van der Waals surface area contributed by atoms with Crippen molar-refractivity contribution in [1.82, 2.24) is 0 Å². The molecule has 0 aromatic heterocycles. The molecule has 0 spiro atoms. The molecule has 0 aromatic rings. The van der Waals surface area contributed by atoms with Crippen LogP contribution < -0.4 is 0 Å². The number of allylic oxidation sites excluding steroid dienone is 6. The Morgan fingerprint density at radius 2 is 1.73 bits per heavy atom. The molecule has 0 rings (SSSR count). The van der Waals surface area contributed by atoms with Crippen LogP contribution in [-0.4, -0.2) is 0 Å². The molecule has 0 aliphatic rings. The predicted molar refractivity (Wildman–Crippen MR) is 43.5 cm³/mol. The first-order valence-corrected chi connectivity index (χ1v) is 3.40. The van der Waals surface area contributed by atoms with Crippen LogP contribution in [0.15, 0.2) is 35.5 Å². The van der Waals surface area contributed by atoms with Crippen molar-refractivity contribution in [2.24, 2.45) is 0 Å². The third-order valence-corrected chi connectivity index (χ3v) is 1.11. The van der Waals surface area contributed by atoms with Crippen LogP contribution in [-0.2, 0) is 0 Å². The fraction of sp³-hybridized carbons (Fsp3) is 0.333. The van der Waals surface area contributed by atoms with Crippen LogP contribution in [0.1, 0.15) is 20.8 Å². The Balaban J connectivity index is 4.53. The summed E-state index contributed by atoms with van der Waals surface area (Å²) < 4.78 is 24.9. The summed E-state index contributed by atoms with van der Waals surface area (Å²) in [6.45, 7) is 4.52. The monoisotopic (exact) mass is 158 g/mol. The van der Waals surface area contributed by atoms with Gasteiger partial charge in [-0.05, 0) is 38.5 Å². The highest BCUT2D eigenvalue weighted by Gasteiger charge is 1.93. The average Bonchev–Trinajstić information content (AvgIpc) is 1.86. The standard InChI is InChI=1S/C9H12F2/c1-4-5-9(11)7(2)6-8(3)10/h4-6H,1-3H3/b5-4+,8-6+,9-7+. The zero-order valence-corrected chi connectivity index (χ0v) is 6.99. The number of hydrogen-bond acceptors (Lipinski definition) is 0. The van der Waals surface area contributed by atoms with Crippen molar-refractivity contribution in [2.75, 3.05) is 0 Å². The van der Waals surface area contributed by atoms with Gasteiger partial charge in [-0.25, -0.2) is 8.78 Å². The molecule has 11 heavy (non-hydrogen) atoms. The molecule has 0 N–H and O–H groups in total. The minimum atomic E-state index is -0.399. The lowest BCUT2D eigenvalue weighted by atomic mass is 10.2. The topological polar surface area (TPSA) is 0 Å². The quantitative estimate of drug-likeness (QED) is 0.538. The SMILES string of the molecule is C/C=C/C(F)=C(C)\C=C(/C)F. The third-order valence-electron chi connectivity index (χ3n) is 1.11. The summed E-state index contributed by atoms with van der Waals surface area (Å²) in [5, 5.41) is 0. The largest absolute Gasteiger partial charge is 0.212 e. The number of hydrogen-bond donors (Lipinski definition) is 0. The second-order valence-electron chi connectivity index (χ2n) is 2.26. The summed E-state index contributed by atoms with van der Waals surface area (Å²) in [6, 6.07) is 0. The van der Waals surface area contributed by atoms with E-state index in [2.05, 4.69) is 0 Å². The van der Waals surface area contributed by atoms with Crippen LogP contribution in [0.25, 0.3) is 0 Å². The maximum atomic E-state index is 12.7. The van der Waals surface area contributed by atoms with Crippen molar-refractivity contribution in [2.45, 2.75) is 20.8 Å². The molecular weight excluding hydrogens is 146 g/mol. The first-order chi connectivity index (χ1) is 5.07. The second kappa shape index (κ2) is 4.83. The van der Waals surface area contributed by atoms with Gasteiger partial charge in [0.05, 0.1) is 5.83 Å². The molecule has 0 aromatic carbocycles. The first-order valence-electron chi connectivity index (χ1n) is 3.40. The minimum Gasteiger partial charge on any atom is -0.212 e. The van der Waals surface area contributed by atoms with Crippen molar-refractivity contribution in [3.8, 4) is 0 Å². The van der Waals surface area contributed by atoms with Gasteiger partial charge < -0.3 is 0 Å². The molecule has 0 aliphatic carbocycles. The van der Waals surface area contributed by atoms with Crippen molar-refractivity contribution in [3.05, 3.63) is 35.5 Å². The zero-order valence-electron chi connectivity index (χ0n) is 6.99. The van der Waals surface area contributed by atoms with Gasteiger partial charge in [-0.15, -0.1) is 0 Å². The molecule has 0 amide bonds. The highest BCUT2D eigenvalue weighted by atomic mass is 19.1. The number of rotatable bonds is 2. The zero-order chi connectivity index (χ0) is 8.85. The van der Waals surface area contributed by atoms with Crippen LogP contribution in [0.5, 0.6) is 0 Å². The summed E-state index contributed by atoms with van der Waals surface area (Å²) in [4.78, 5) is 0. The lowest BCUT2D eigenvalue weighted by Gasteiger charge is -1.92. The van der Waals surface area contributed by atoms with Gasteiger partial charge in [0, 0.05) is 0 Å². The van der Waals surface area contributed by atoms with Gasteiger partial charge in [0.1, 0.15) is 5.83 Å². The molecular formula is C9H12F2. The molecule has 0 heterocycles. The lowest BCUT2D eigenvalue weighted by molar-refractivity contribution is 0.631. The maximum absolute atomic E-state index is 12.7. The van der Waals surface area contributed by atoms with Crippen molar-refractivity contribution in [3.63, 3.8) is 0 Å². The molecule has 0 radical (unpaired) electrons. The molecule has 0 fully saturated rings. The Bertz CT molecular complexity index is 206. The lowest BCUT2D eigenvalue weighted by Crippen LogP contribution is -1.75. The van der Waals surface area contributed by atoms with E-state index >= 15 is 0 Å². The fourth-order valence-corrected chi connectivity index (χ4v) is 0.645. The Labute approximate surface area is 65.9 Å². The normalized spacial score (nSPS) is 15.5. The Morgan fingerprint density at radius 3 is 2.09 bits per heavy atom. The van der Waals surface area contributed by atoms with Crippen LogP contribution in [0, 0.1) is 0 Å². The van der Waals surface area contributed by atoms with Gasteiger partial charge in [0.2, 0.25) is 0 Å². The minimum absolute atomic E-state index is 0.308. The molecule has 0 unspecified atom stereocenters. The van der Waals surface area contributed by atoms with Crippen molar-refractivity contribution >= 4 is 0 Å². The second-order valence-corrected chi connectivity index (χ2v) is 2.26. The molecule has 0 aliphatic heterocycles. The van der Waals surface area contributed by atoms with E-state index in [1.807, 2.05) is 0 Å². The van der Waals surface area contributed by atoms with E-state index in [1.165, 1.54) is 19.9 Å². The molecule has 2 heteroatoms. The van der Waals surface area contributed by atoms with Crippen LogP contribution in [0.2, 0.25) is 0 Å². The van der Waals surface area contributed by atoms with E-state index in [1.54, 1.807) is 13.0 Å². The summed E-state index contributed by atoms with van der Waals surface area (Å²) in [5.74, 6) is -0.786. The van der Waals surface area contributed by atoms with E-state index in [0.717, 1.165) is 6.08 Å². The predicted octanol–water partition coefficient (Wildman–Crippen LogP) is 3.68. The third kappa shape index (κ3) is 4.48. The van der Waals surface area contributed by atoms with Crippen LogP contribution in [0.3, 0.4) is 0 Å². The molecule has 0 nitrogen and oxygen atoms in total. The number of halogens is 2. The van der Waals surface area contributed by atoms with Crippen molar-refractivity contribution < 1.29 is 8.78 Å². The Kier molecular flexibility index (Phi) is 4.42. The smallest absolute Gasteiger partial charge is 0.125 e. The van der Waals surface area contributed by atoms with Gasteiger partial charge in [-0.2, -0.15) is 0 Å². The highest BCUT2D eigenvalue weighted by molar-refractivity contribution is 5.27. The Hall–Kier alpha value is -0.920. The van der Waals surface area contributed by atoms with E-state index in [-0.39, 0.29) is 5.83 Å². The van der Waals surface area contributed by atoms with Crippen LogP contribution >= 0.6 is 0 Å². The van der Waals surface area contributed by atoms with Crippen LogP contribution in [0.4, 0.5) is 8.78 Å². The maximum Gasteiger partial charge on any atom is 0.125 e. The van der Waals surface area contributed by atoms with Gasteiger partial charge in [0.15, 0.2) is 0 Å². The molecule has 0 bridgehead atoms. The summed E-state index contributed by atoms with van der Waals surface area (Å²) in [5.41, 5.74) is 0.308. The summed E-state index contributed by atoms with van der Waals surface area (Å²) in [7, 11) is 0. The van der Waals surface area contributed by atoms with E-state index in [0.29, 0.717) is 5.57 Å². The molecule has 62 valence electrons. The first kappa shape index (κ1) is 10.1. The van der Waals surface area contributed by atoms with Gasteiger partial charge in [-0.1, -0.05) is 6.08 Å². The van der Waals surface area contributed by atoms with Gasteiger partial charge >= 0.3 is 0 Å². The van der Waals surface area contributed by atoms with E-state index in [9.17, 15) is 8.78 Å². The summed E-state index contributed by atoms with van der Waals surface area (Å²) in [6.07, 6.45) is 4.03. The fourth-order valence-electron chi connectivity index (χ4n) is 0.645.